The lowest BCUT2D eigenvalue weighted by molar-refractivity contribution is -0.137. The smallest absolute Gasteiger partial charge is 0.305 e. The Morgan fingerprint density at radius 3 is 2.15 bits per heavy atom. The van der Waals surface area contributed by atoms with Gasteiger partial charge in [-0.05, 0) is 0 Å². The lowest BCUT2D eigenvalue weighted by Crippen LogP contribution is -2.23. The highest BCUT2D eigenvalue weighted by atomic mass is 16.5. The molecule has 0 radical (unpaired) electrons. The standard InChI is InChI=1S/C13H17NO6/c1-18-8-4-10(19-2)13(11(5-8)20-3)9(14-7-15)6-12(16)17/h4-5,7,9H,6H2,1-3H3,(H,14,15)(H,16,17)/t9-/m1/s1. The van der Waals surface area contributed by atoms with Gasteiger partial charge in [-0.15, -0.1) is 0 Å². The van der Waals surface area contributed by atoms with Crippen molar-refractivity contribution in [2.75, 3.05) is 21.3 Å². The first-order chi connectivity index (χ1) is 9.57. The van der Waals surface area contributed by atoms with Gasteiger partial charge >= 0.3 is 5.97 Å². The molecule has 0 unspecified atom stereocenters. The highest BCUT2D eigenvalue weighted by Crippen LogP contribution is 2.39. The molecule has 0 aliphatic heterocycles. The summed E-state index contributed by atoms with van der Waals surface area (Å²) in [6.45, 7) is 0. The highest BCUT2D eigenvalue weighted by Gasteiger charge is 2.24. The Morgan fingerprint density at radius 2 is 1.80 bits per heavy atom. The minimum atomic E-state index is -1.05. The van der Waals surface area contributed by atoms with E-state index < -0.39 is 12.0 Å². The Bertz CT molecular complexity index is 463. The molecule has 1 amide bonds. The van der Waals surface area contributed by atoms with E-state index in [1.54, 1.807) is 12.1 Å². The normalized spacial score (nSPS) is 11.3. The van der Waals surface area contributed by atoms with Crippen LogP contribution in [-0.2, 0) is 9.59 Å². The van der Waals surface area contributed by atoms with Crippen LogP contribution in [-0.4, -0.2) is 38.8 Å². The number of nitrogens with one attached hydrogen (secondary N) is 1. The Hall–Kier alpha value is -2.44. The topological polar surface area (TPSA) is 94.1 Å². The Morgan fingerprint density at radius 1 is 1.25 bits per heavy atom. The molecule has 0 fully saturated rings. The number of carbonyl (C=O) groups excluding carboxylic acids is 1. The van der Waals surface area contributed by atoms with Gasteiger partial charge in [0.25, 0.3) is 0 Å². The summed E-state index contributed by atoms with van der Waals surface area (Å²) in [6, 6.07) is 2.43. The van der Waals surface area contributed by atoms with E-state index in [4.69, 9.17) is 19.3 Å². The van der Waals surface area contributed by atoms with Crippen LogP contribution >= 0.6 is 0 Å². The quantitative estimate of drug-likeness (QED) is 0.690. The van der Waals surface area contributed by atoms with Crippen molar-refractivity contribution < 1.29 is 28.9 Å². The average molecular weight is 283 g/mol. The van der Waals surface area contributed by atoms with Crippen molar-refractivity contribution in [2.24, 2.45) is 0 Å². The number of aliphatic carboxylic acids is 1. The first kappa shape index (κ1) is 15.6. The van der Waals surface area contributed by atoms with Gasteiger partial charge < -0.3 is 24.6 Å². The SMILES string of the molecule is COc1cc(OC)c([C@@H](CC(=O)O)NC=O)c(OC)c1. The molecule has 0 aliphatic carbocycles. The van der Waals surface area contributed by atoms with Crippen LogP contribution in [0.15, 0.2) is 12.1 Å². The number of benzene rings is 1. The van der Waals surface area contributed by atoms with E-state index in [-0.39, 0.29) is 6.42 Å². The third-order valence-corrected chi connectivity index (χ3v) is 2.75. The fourth-order valence-electron chi connectivity index (χ4n) is 1.88. The summed E-state index contributed by atoms with van der Waals surface area (Å²) >= 11 is 0. The van der Waals surface area contributed by atoms with Crippen molar-refractivity contribution in [3.8, 4) is 17.2 Å². The van der Waals surface area contributed by atoms with E-state index in [0.717, 1.165) is 0 Å². The minimum absolute atomic E-state index is 0.294. The molecule has 1 aromatic rings. The van der Waals surface area contributed by atoms with Gasteiger partial charge in [-0.3, -0.25) is 9.59 Å². The van der Waals surface area contributed by atoms with Crippen LogP contribution in [0.1, 0.15) is 18.0 Å². The number of carboxylic acid groups (broad SMARTS) is 1. The zero-order valence-electron chi connectivity index (χ0n) is 11.5. The summed E-state index contributed by atoms with van der Waals surface area (Å²) in [6.07, 6.45) is 0.147. The first-order valence-corrected chi connectivity index (χ1v) is 5.78. The second-order valence-electron chi connectivity index (χ2n) is 3.88. The van der Waals surface area contributed by atoms with Gasteiger partial charge in [0.15, 0.2) is 0 Å². The van der Waals surface area contributed by atoms with Gasteiger partial charge in [0, 0.05) is 12.1 Å². The number of carbonyl (C=O) groups is 2. The number of carboxylic acids is 1. The number of methoxy groups -OCH3 is 3. The lowest BCUT2D eigenvalue weighted by Gasteiger charge is -2.21. The molecule has 110 valence electrons. The zero-order valence-corrected chi connectivity index (χ0v) is 11.5. The molecule has 1 atom stereocenters. The van der Waals surface area contributed by atoms with Crippen LogP contribution in [0.5, 0.6) is 17.2 Å². The Kier molecular flexibility index (Phi) is 5.64. The maximum Gasteiger partial charge on any atom is 0.305 e. The van der Waals surface area contributed by atoms with E-state index in [2.05, 4.69) is 5.32 Å². The molecule has 7 heteroatoms. The molecule has 1 aromatic carbocycles. The van der Waals surface area contributed by atoms with Crippen molar-refractivity contribution in [2.45, 2.75) is 12.5 Å². The van der Waals surface area contributed by atoms with Gasteiger partial charge in [-0.25, -0.2) is 0 Å². The molecule has 0 spiro atoms. The summed E-state index contributed by atoms with van der Waals surface area (Å²) in [5.41, 5.74) is 0.449. The molecule has 0 bridgehead atoms. The number of ether oxygens (including phenoxy) is 3. The number of hydrogen-bond donors (Lipinski definition) is 2. The average Bonchev–Trinajstić information content (AvgIpc) is 2.44. The second-order valence-corrected chi connectivity index (χ2v) is 3.88. The fraction of sp³-hybridized carbons (Fsp3) is 0.385. The monoisotopic (exact) mass is 283 g/mol. The molecule has 20 heavy (non-hydrogen) atoms. The van der Waals surface area contributed by atoms with Crippen LogP contribution in [0.4, 0.5) is 0 Å². The molecule has 1 rings (SSSR count). The van der Waals surface area contributed by atoms with Gasteiger partial charge in [-0.1, -0.05) is 0 Å². The highest BCUT2D eigenvalue weighted by molar-refractivity contribution is 5.70. The van der Waals surface area contributed by atoms with Gasteiger partial charge in [0.1, 0.15) is 17.2 Å². The molecular weight excluding hydrogens is 266 g/mol. The van der Waals surface area contributed by atoms with Crippen LogP contribution in [0, 0.1) is 0 Å². The molecule has 0 heterocycles. The van der Waals surface area contributed by atoms with Crippen LogP contribution < -0.4 is 19.5 Å². The Labute approximate surface area is 116 Å². The van der Waals surface area contributed by atoms with E-state index in [1.807, 2.05) is 0 Å². The number of rotatable bonds is 8. The summed E-state index contributed by atoms with van der Waals surface area (Å²) < 4.78 is 15.6. The third kappa shape index (κ3) is 3.53. The van der Waals surface area contributed by atoms with Crippen molar-refractivity contribution in [3.05, 3.63) is 17.7 Å². The molecule has 7 nitrogen and oxygen atoms in total. The fourth-order valence-corrected chi connectivity index (χ4v) is 1.88. The molecule has 0 aromatic heterocycles. The maximum atomic E-state index is 10.9. The van der Waals surface area contributed by atoms with Gasteiger partial charge in [0.2, 0.25) is 6.41 Å². The molecule has 0 saturated carbocycles. The van der Waals surface area contributed by atoms with Gasteiger partial charge in [0.05, 0.1) is 39.4 Å². The van der Waals surface area contributed by atoms with Crippen molar-refractivity contribution in [1.29, 1.82) is 0 Å². The zero-order chi connectivity index (χ0) is 15.1. The summed E-state index contributed by atoms with van der Waals surface area (Å²) in [4.78, 5) is 21.6. The van der Waals surface area contributed by atoms with Crippen molar-refractivity contribution >= 4 is 12.4 Å². The molecule has 2 N–H and O–H groups in total. The summed E-state index contributed by atoms with van der Waals surface area (Å²) in [7, 11) is 4.37. The van der Waals surface area contributed by atoms with Crippen LogP contribution in [0.3, 0.4) is 0 Å². The van der Waals surface area contributed by atoms with E-state index in [9.17, 15) is 9.59 Å². The lowest BCUT2D eigenvalue weighted by atomic mass is 10.0. The first-order valence-electron chi connectivity index (χ1n) is 5.78. The predicted octanol–water partition coefficient (Wildman–Crippen LogP) is 0.974. The number of amides is 1. The van der Waals surface area contributed by atoms with E-state index >= 15 is 0 Å². The predicted molar refractivity (Wildman–Crippen MR) is 70.3 cm³/mol. The van der Waals surface area contributed by atoms with E-state index in [1.165, 1.54) is 21.3 Å². The number of hydrogen-bond acceptors (Lipinski definition) is 5. The minimum Gasteiger partial charge on any atom is -0.496 e. The summed E-state index contributed by atoms with van der Waals surface area (Å²) in [5, 5.41) is 11.4. The maximum absolute atomic E-state index is 10.9. The van der Waals surface area contributed by atoms with Crippen molar-refractivity contribution in [1.82, 2.24) is 5.32 Å². The second kappa shape index (κ2) is 7.22. The molecule has 0 saturated heterocycles. The third-order valence-electron chi connectivity index (χ3n) is 2.75. The van der Waals surface area contributed by atoms with E-state index in [0.29, 0.717) is 29.2 Å². The largest absolute Gasteiger partial charge is 0.496 e. The molecular formula is C13H17NO6. The van der Waals surface area contributed by atoms with Gasteiger partial charge in [-0.2, -0.15) is 0 Å². The Balaban J connectivity index is 3.36. The molecule has 0 aliphatic rings. The summed E-state index contributed by atoms with van der Waals surface area (Å²) in [5.74, 6) is 0.204. The van der Waals surface area contributed by atoms with Crippen LogP contribution in [0.25, 0.3) is 0 Å². The van der Waals surface area contributed by atoms with Crippen LogP contribution in [0.2, 0.25) is 0 Å². The van der Waals surface area contributed by atoms with Crippen molar-refractivity contribution in [3.63, 3.8) is 0 Å².